The summed E-state index contributed by atoms with van der Waals surface area (Å²) in [6, 6.07) is 11.2. The third-order valence-electron chi connectivity index (χ3n) is 3.88. The molecule has 130 valence electrons. The van der Waals surface area contributed by atoms with Crippen molar-refractivity contribution in [2.24, 2.45) is 0 Å². The first-order valence-electron chi connectivity index (χ1n) is 7.75. The van der Waals surface area contributed by atoms with Crippen LogP contribution in [0.5, 0.6) is 0 Å². The number of halogens is 2. The Morgan fingerprint density at radius 1 is 1.16 bits per heavy atom. The highest BCUT2D eigenvalue weighted by Crippen LogP contribution is 2.19. The van der Waals surface area contributed by atoms with Crippen molar-refractivity contribution in [3.63, 3.8) is 0 Å². The number of morpholine rings is 1. The number of amides is 2. The molecule has 1 unspecified atom stereocenters. The average molecular weight is 346 g/mol. The molecule has 0 saturated carbocycles. The van der Waals surface area contributed by atoms with E-state index in [1.165, 1.54) is 47.4 Å². The number of carbonyl (C=O) groups is 2. The monoisotopic (exact) mass is 346 g/mol. The third-order valence-corrected chi connectivity index (χ3v) is 3.88. The summed E-state index contributed by atoms with van der Waals surface area (Å²) < 4.78 is 32.0. The smallest absolute Gasteiger partial charge is 0.254 e. The topological polar surface area (TPSA) is 58.6 Å². The van der Waals surface area contributed by atoms with E-state index < -0.39 is 23.6 Å². The van der Waals surface area contributed by atoms with E-state index in [-0.39, 0.29) is 31.2 Å². The van der Waals surface area contributed by atoms with Gasteiger partial charge >= 0.3 is 0 Å². The van der Waals surface area contributed by atoms with E-state index in [9.17, 15) is 18.4 Å². The molecule has 2 aromatic rings. The lowest BCUT2D eigenvalue weighted by Gasteiger charge is -2.32. The first-order chi connectivity index (χ1) is 12.0. The van der Waals surface area contributed by atoms with Gasteiger partial charge in [0.2, 0.25) is 0 Å². The Balaban J connectivity index is 1.62. The Morgan fingerprint density at radius 3 is 2.60 bits per heavy atom. The zero-order valence-corrected chi connectivity index (χ0v) is 13.2. The van der Waals surface area contributed by atoms with Gasteiger partial charge in [-0.3, -0.25) is 9.59 Å². The van der Waals surface area contributed by atoms with Gasteiger partial charge < -0.3 is 15.0 Å². The molecule has 1 aliphatic heterocycles. The van der Waals surface area contributed by atoms with Crippen LogP contribution in [0, 0.1) is 11.6 Å². The molecule has 2 amide bonds. The number of rotatable bonds is 4. The van der Waals surface area contributed by atoms with Crippen LogP contribution in [0.1, 0.15) is 10.4 Å². The number of hydrogen-bond acceptors (Lipinski definition) is 3. The Morgan fingerprint density at radius 2 is 1.88 bits per heavy atom. The average Bonchev–Trinajstić information content (AvgIpc) is 2.62. The maximum absolute atomic E-state index is 13.6. The SMILES string of the molecule is O=C(NCC1CN(c2ccc(F)cc2)C(=O)CO1)c1ccccc1F. The molecule has 2 aromatic carbocycles. The molecule has 7 heteroatoms. The van der Waals surface area contributed by atoms with Crippen molar-refractivity contribution >= 4 is 17.5 Å². The highest BCUT2D eigenvalue weighted by atomic mass is 19.1. The summed E-state index contributed by atoms with van der Waals surface area (Å²) in [5.41, 5.74) is 0.505. The van der Waals surface area contributed by atoms with Gasteiger partial charge in [-0.15, -0.1) is 0 Å². The second-order valence-electron chi connectivity index (χ2n) is 5.60. The molecule has 1 fully saturated rings. The van der Waals surface area contributed by atoms with Gasteiger partial charge in [0.15, 0.2) is 0 Å². The minimum Gasteiger partial charge on any atom is -0.365 e. The van der Waals surface area contributed by atoms with Gasteiger partial charge in [0.05, 0.1) is 18.2 Å². The van der Waals surface area contributed by atoms with E-state index in [1.807, 2.05) is 0 Å². The molecule has 1 N–H and O–H groups in total. The number of hydrogen-bond donors (Lipinski definition) is 1. The van der Waals surface area contributed by atoms with E-state index in [0.717, 1.165) is 0 Å². The van der Waals surface area contributed by atoms with Crippen LogP contribution in [0.2, 0.25) is 0 Å². The van der Waals surface area contributed by atoms with Gasteiger partial charge in [-0.05, 0) is 36.4 Å². The highest BCUT2D eigenvalue weighted by Gasteiger charge is 2.28. The van der Waals surface area contributed by atoms with Gasteiger partial charge in [0, 0.05) is 12.2 Å². The Kier molecular flexibility index (Phi) is 5.04. The van der Waals surface area contributed by atoms with Gasteiger partial charge in [0.25, 0.3) is 11.8 Å². The standard InChI is InChI=1S/C18H16F2N2O3/c19-12-5-7-13(8-6-12)22-10-14(25-11-17(22)23)9-21-18(24)15-3-1-2-4-16(15)20/h1-8,14H,9-11H2,(H,21,24). The minimum absolute atomic E-state index is 0.0511. The molecule has 0 spiro atoms. The number of anilines is 1. The fourth-order valence-electron chi connectivity index (χ4n) is 2.57. The van der Waals surface area contributed by atoms with Crippen LogP contribution in [0.15, 0.2) is 48.5 Å². The molecule has 5 nitrogen and oxygen atoms in total. The molecule has 0 bridgehead atoms. The van der Waals surface area contributed by atoms with E-state index in [0.29, 0.717) is 5.69 Å². The number of benzene rings is 2. The van der Waals surface area contributed by atoms with Crippen molar-refractivity contribution in [3.05, 3.63) is 65.7 Å². The fraction of sp³-hybridized carbons (Fsp3) is 0.222. The Hall–Kier alpha value is -2.80. The van der Waals surface area contributed by atoms with E-state index in [2.05, 4.69) is 5.32 Å². The summed E-state index contributed by atoms with van der Waals surface area (Å²) in [4.78, 5) is 25.5. The second kappa shape index (κ2) is 7.40. The van der Waals surface area contributed by atoms with Gasteiger partial charge in [-0.1, -0.05) is 12.1 Å². The van der Waals surface area contributed by atoms with Crippen LogP contribution >= 0.6 is 0 Å². The molecule has 0 aromatic heterocycles. The second-order valence-corrected chi connectivity index (χ2v) is 5.60. The zero-order valence-electron chi connectivity index (χ0n) is 13.2. The quantitative estimate of drug-likeness (QED) is 0.923. The summed E-state index contributed by atoms with van der Waals surface area (Å²) in [5, 5.41) is 2.60. The number of carbonyl (C=O) groups excluding carboxylic acids is 2. The molecular weight excluding hydrogens is 330 g/mol. The summed E-state index contributed by atoms with van der Waals surface area (Å²) in [6.07, 6.45) is -0.446. The molecule has 0 aliphatic carbocycles. The van der Waals surface area contributed by atoms with Crippen molar-refractivity contribution in [3.8, 4) is 0 Å². The maximum Gasteiger partial charge on any atom is 0.254 e. The third kappa shape index (κ3) is 4.00. The van der Waals surface area contributed by atoms with Crippen molar-refractivity contribution in [1.82, 2.24) is 5.32 Å². The first kappa shape index (κ1) is 17.0. The van der Waals surface area contributed by atoms with Crippen molar-refractivity contribution in [1.29, 1.82) is 0 Å². The Labute approximate surface area is 143 Å². The molecule has 1 saturated heterocycles. The maximum atomic E-state index is 13.6. The van der Waals surface area contributed by atoms with Crippen LogP contribution in [-0.2, 0) is 9.53 Å². The van der Waals surface area contributed by atoms with E-state index >= 15 is 0 Å². The van der Waals surface area contributed by atoms with Gasteiger partial charge in [0.1, 0.15) is 18.2 Å². The van der Waals surface area contributed by atoms with Crippen molar-refractivity contribution < 1.29 is 23.1 Å². The molecular formula is C18H16F2N2O3. The highest BCUT2D eigenvalue weighted by molar-refractivity contribution is 5.95. The lowest BCUT2D eigenvalue weighted by atomic mass is 10.2. The summed E-state index contributed by atoms with van der Waals surface area (Å²) in [7, 11) is 0. The molecule has 1 aliphatic rings. The lowest BCUT2D eigenvalue weighted by Crippen LogP contribution is -2.50. The molecule has 1 heterocycles. The fourth-order valence-corrected chi connectivity index (χ4v) is 2.57. The van der Waals surface area contributed by atoms with Crippen molar-refractivity contribution in [2.75, 3.05) is 24.6 Å². The summed E-state index contributed by atoms with van der Waals surface area (Å²) in [5.74, 6) is -1.79. The molecule has 1 atom stereocenters. The van der Waals surface area contributed by atoms with Crippen molar-refractivity contribution in [2.45, 2.75) is 6.10 Å². The van der Waals surface area contributed by atoms with Gasteiger partial charge in [-0.2, -0.15) is 0 Å². The normalized spacial score (nSPS) is 17.4. The molecule has 0 radical (unpaired) electrons. The first-order valence-corrected chi connectivity index (χ1v) is 7.75. The molecule has 25 heavy (non-hydrogen) atoms. The van der Waals surface area contributed by atoms with Crippen LogP contribution < -0.4 is 10.2 Å². The minimum atomic E-state index is -0.604. The predicted octanol–water partition coefficient (Wildman–Crippen LogP) is 2.13. The number of ether oxygens (including phenoxy) is 1. The number of nitrogens with zero attached hydrogens (tertiary/aromatic N) is 1. The van der Waals surface area contributed by atoms with Crippen LogP contribution in [0.25, 0.3) is 0 Å². The lowest BCUT2D eigenvalue weighted by molar-refractivity contribution is -0.129. The molecule has 3 rings (SSSR count). The summed E-state index contributed by atoms with van der Waals surface area (Å²) >= 11 is 0. The Bertz CT molecular complexity index is 780. The van der Waals surface area contributed by atoms with Crippen LogP contribution in [0.3, 0.4) is 0 Å². The van der Waals surface area contributed by atoms with E-state index in [4.69, 9.17) is 4.74 Å². The van der Waals surface area contributed by atoms with E-state index in [1.54, 1.807) is 6.07 Å². The number of nitrogens with one attached hydrogen (secondary N) is 1. The zero-order chi connectivity index (χ0) is 17.8. The largest absolute Gasteiger partial charge is 0.365 e. The summed E-state index contributed by atoms with van der Waals surface area (Å²) in [6.45, 7) is 0.192. The van der Waals surface area contributed by atoms with Gasteiger partial charge in [-0.25, -0.2) is 8.78 Å². The van der Waals surface area contributed by atoms with Crippen LogP contribution in [-0.4, -0.2) is 37.6 Å². The predicted molar refractivity (Wildman–Crippen MR) is 87.2 cm³/mol. The van der Waals surface area contributed by atoms with Crippen LogP contribution in [0.4, 0.5) is 14.5 Å².